The third-order valence-electron chi connectivity index (χ3n) is 4.08. The normalized spacial score (nSPS) is 24.5. The Morgan fingerprint density at radius 2 is 1.71 bits per heavy atom. The average Bonchev–Trinajstić information content (AvgIpc) is 2.33. The van der Waals surface area contributed by atoms with Gasteiger partial charge in [0.25, 0.3) is 0 Å². The highest BCUT2D eigenvalue weighted by molar-refractivity contribution is 5.85. The molecule has 17 heavy (non-hydrogen) atoms. The molecule has 2 rings (SSSR count). The quantitative estimate of drug-likeness (QED) is 0.836. The minimum atomic E-state index is 0. The largest absolute Gasteiger partial charge is 0.384 e. The fourth-order valence-electron chi connectivity index (χ4n) is 3.00. The van der Waals surface area contributed by atoms with E-state index < -0.39 is 0 Å². The molecule has 0 atom stereocenters. The number of nitrogens with zero attached hydrogens (tertiary/aromatic N) is 1. The van der Waals surface area contributed by atoms with E-state index in [2.05, 4.69) is 10.2 Å². The first-order chi connectivity index (χ1) is 7.88. The van der Waals surface area contributed by atoms with Gasteiger partial charge in [-0.3, -0.25) is 0 Å². The fraction of sp³-hybridized carbons (Fsp3) is 1.00. The molecule has 4 heteroatoms. The van der Waals surface area contributed by atoms with Gasteiger partial charge in [0, 0.05) is 20.3 Å². The van der Waals surface area contributed by atoms with E-state index in [9.17, 15) is 0 Å². The zero-order valence-corrected chi connectivity index (χ0v) is 11.8. The molecule has 2 aliphatic rings. The Kier molecular flexibility index (Phi) is 7.44. The second-order valence-corrected chi connectivity index (χ2v) is 5.39. The first kappa shape index (κ1) is 15.2. The fourth-order valence-corrected chi connectivity index (χ4v) is 3.00. The summed E-state index contributed by atoms with van der Waals surface area (Å²) in [5.74, 6) is 1.76. The summed E-state index contributed by atoms with van der Waals surface area (Å²) in [5.41, 5.74) is 0. The number of methoxy groups -OCH3 is 1. The van der Waals surface area contributed by atoms with E-state index in [4.69, 9.17) is 4.74 Å². The predicted octanol–water partition coefficient (Wildman–Crippen LogP) is 1.77. The van der Waals surface area contributed by atoms with Gasteiger partial charge in [-0.15, -0.1) is 12.4 Å². The van der Waals surface area contributed by atoms with Crippen LogP contribution in [0.15, 0.2) is 0 Å². The first-order valence-corrected chi connectivity index (χ1v) is 6.80. The van der Waals surface area contributed by atoms with Gasteiger partial charge in [0.2, 0.25) is 0 Å². The molecular weight excluding hydrogens is 236 g/mol. The van der Waals surface area contributed by atoms with Crippen molar-refractivity contribution in [1.82, 2.24) is 10.2 Å². The summed E-state index contributed by atoms with van der Waals surface area (Å²) >= 11 is 0. The lowest BCUT2D eigenvalue weighted by Crippen LogP contribution is -2.40. The summed E-state index contributed by atoms with van der Waals surface area (Å²) in [6, 6.07) is 0. The van der Waals surface area contributed by atoms with E-state index in [1.807, 2.05) is 7.11 Å². The number of nitrogens with one attached hydrogen (secondary N) is 1. The molecule has 0 aromatic rings. The minimum Gasteiger partial charge on any atom is -0.384 e. The van der Waals surface area contributed by atoms with Crippen LogP contribution in [0.4, 0.5) is 0 Å². The van der Waals surface area contributed by atoms with E-state index in [-0.39, 0.29) is 12.4 Å². The van der Waals surface area contributed by atoms with E-state index >= 15 is 0 Å². The SMILES string of the molecule is COCC1CCN(CC2CCNCC2)CC1.Cl. The highest BCUT2D eigenvalue weighted by Gasteiger charge is 2.22. The van der Waals surface area contributed by atoms with E-state index in [1.165, 1.54) is 58.4 Å². The number of hydrogen-bond acceptors (Lipinski definition) is 3. The highest BCUT2D eigenvalue weighted by atomic mass is 35.5. The van der Waals surface area contributed by atoms with Crippen LogP contribution >= 0.6 is 12.4 Å². The second-order valence-electron chi connectivity index (χ2n) is 5.39. The Morgan fingerprint density at radius 1 is 1.06 bits per heavy atom. The Balaban J connectivity index is 0.00000144. The number of halogens is 1. The second kappa shape index (κ2) is 8.30. The molecule has 0 bridgehead atoms. The van der Waals surface area contributed by atoms with Gasteiger partial charge >= 0.3 is 0 Å². The molecule has 2 saturated heterocycles. The van der Waals surface area contributed by atoms with Crippen LogP contribution in [-0.2, 0) is 4.74 Å². The standard InChI is InChI=1S/C13H26N2O.ClH/c1-16-11-13-4-8-15(9-5-13)10-12-2-6-14-7-3-12;/h12-14H,2-11H2,1H3;1H. The maximum Gasteiger partial charge on any atom is 0.0491 e. The molecule has 3 nitrogen and oxygen atoms in total. The smallest absolute Gasteiger partial charge is 0.0491 e. The first-order valence-electron chi connectivity index (χ1n) is 6.80. The third-order valence-corrected chi connectivity index (χ3v) is 4.08. The monoisotopic (exact) mass is 262 g/mol. The molecule has 0 aromatic heterocycles. The molecule has 0 aliphatic carbocycles. The van der Waals surface area contributed by atoms with Crippen molar-refractivity contribution in [3.63, 3.8) is 0 Å². The summed E-state index contributed by atoms with van der Waals surface area (Å²) in [4.78, 5) is 2.67. The summed E-state index contributed by atoms with van der Waals surface area (Å²) < 4.78 is 5.24. The summed E-state index contributed by atoms with van der Waals surface area (Å²) in [6.07, 6.45) is 5.41. The lowest BCUT2D eigenvalue weighted by molar-refractivity contribution is 0.0894. The minimum absolute atomic E-state index is 0. The third kappa shape index (κ3) is 5.12. The van der Waals surface area contributed by atoms with E-state index in [1.54, 1.807) is 0 Å². The van der Waals surface area contributed by atoms with Gasteiger partial charge in [-0.1, -0.05) is 0 Å². The average molecular weight is 263 g/mol. The molecule has 2 aliphatic heterocycles. The van der Waals surface area contributed by atoms with Crippen molar-refractivity contribution in [2.24, 2.45) is 11.8 Å². The van der Waals surface area contributed by atoms with Crippen LogP contribution in [0, 0.1) is 11.8 Å². The lowest BCUT2D eigenvalue weighted by Gasteiger charge is -2.35. The zero-order chi connectivity index (χ0) is 11.2. The Hall–Kier alpha value is 0.170. The van der Waals surface area contributed by atoms with Crippen molar-refractivity contribution in [1.29, 1.82) is 0 Å². The predicted molar refractivity (Wildman–Crippen MR) is 73.9 cm³/mol. The van der Waals surface area contributed by atoms with Crippen molar-refractivity contribution in [2.45, 2.75) is 25.7 Å². The number of ether oxygens (including phenoxy) is 1. The molecule has 0 saturated carbocycles. The summed E-state index contributed by atoms with van der Waals surface area (Å²) in [5, 5.41) is 3.44. The molecule has 0 unspecified atom stereocenters. The van der Waals surface area contributed by atoms with Gasteiger partial charge in [-0.05, 0) is 63.7 Å². The van der Waals surface area contributed by atoms with Crippen LogP contribution in [-0.4, -0.2) is 51.3 Å². The van der Waals surface area contributed by atoms with Gasteiger partial charge in [-0.2, -0.15) is 0 Å². The molecule has 0 spiro atoms. The molecule has 2 fully saturated rings. The van der Waals surface area contributed by atoms with Crippen molar-refractivity contribution >= 4 is 12.4 Å². The molecule has 2 heterocycles. The molecular formula is C13H27ClN2O. The Labute approximate surface area is 112 Å². The van der Waals surface area contributed by atoms with Crippen molar-refractivity contribution in [2.75, 3.05) is 46.4 Å². The van der Waals surface area contributed by atoms with Crippen LogP contribution in [0.25, 0.3) is 0 Å². The van der Waals surface area contributed by atoms with Gasteiger partial charge in [0.15, 0.2) is 0 Å². The molecule has 0 radical (unpaired) electrons. The van der Waals surface area contributed by atoms with E-state index in [0.29, 0.717) is 0 Å². The van der Waals surface area contributed by atoms with Gasteiger partial charge < -0.3 is 15.0 Å². The molecule has 0 aromatic carbocycles. The van der Waals surface area contributed by atoms with Crippen LogP contribution in [0.3, 0.4) is 0 Å². The topological polar surface area (TPSA) is 24.5 Å². The van der Waals surface area contributed by atoms with Crippen molar-refractivity contribution < 1.29 is 4.74 Å². The Bertz CT molecular complexity index is 190. The molecule has 102 valence electrons. The number of rotatable bonds is 4. The zero-order valence-electron chi connectivity index (χ0n) is 11.0. The van der Waals surface area contributed by atoms with Crippen LogP contribution in [0.2, 0.25) is 0 Å². The maximum atomic E-state index is 5.24. The van der Waals surface area contributed by atoms with Crippen molar-refractivity contribution in [3.8, 4) is 0 Å². The molecule has 0 amide bonds. The van der Waals surface area contributed by atoms with Gasteiger partial charge in [-0.25, -0.2) is 0 Å². The van der Waals surface area contributed by atoms with E-state index in [0.717, 1.165) is 18.4 Å². The number of likely N-dealkylation sites (tertiary alicyclic amines) is 1. The van der Waals surface area contributed by atoms with Gasteiger partial charge in [0.1, 0.15) is 0 Å². The lowest BCUT2D eigenvalue weighted by atomic mass is 9.94. The summed E-state index contributed by atoms with van der Waals surface area (Å²) in [7, 11) is 1.82. The summed E-state index contributed by atoms with van der Waals surface area (Å²) in [6.45, 7) is 7.33. The van der Waals surface area contributed by atoms with Crippen molar-refractivity contribution in [3.05, 3.63) is 0 Å². The molecule has 1 N–H and O–H groups in total. The Morgan fingerprint density at radius 3 is 2.29 bits per heavy atom. The van der Waals surface area contributed by atoms with Gasteiger partial charge in [0.05, 0.1) is 0 Å². The number of piperidine rings is 2. The highest BCUT2D eigenvalue weighted by Crippen LogP contribution is 2.20. The maximum absolute atomic E-state index is 5.24. The van der Waals surface area contributed by atoms with Crippen LogP contribution in [0.1, 0.15) is 25.7 Å². The van der Waals surface area contributed by atoms with Crippen LogP contribution < -0.4 is 5.32 Å². The number of hydrogen-bond donors (Lipinski definition) is 1. The van der Waals surface area contributed by atoms with Crippen LogP contribution in [0.5, 0.6) is 0 Å².